The Bertz CT molecular complexity index is 467. The van der Waals surface area contributed by atoms with Gasteiger partial charge in [0.1, 0.15) is 0 Å². The average molecular weight is 315 g/mol. The molecule has 23 heavy (non-hydrogen) atoms. The van der Waals surface area contributed by atoms with E-state index in [2.05, 4.69) is 65.8 Å². The number of hydrogen-bond donors (Lipinski definition) is 0. The minimum atomic E-state index is 0.441. The molecule has 0 heterocycles. The Labute approximate surface area is 145 Å². The highest BCUT2D eigenvalue weighted by molar-refractivity contribution is 5.27. The number of aryl methyl sites for hydroxylation is 1. The predicted octanol–water partition coefficient (Wildman–Crippen LogP) is 7.23. The summed E-state index contributed by atoms with van der Waals surface area (Å²) in [5, 5.41) is 0. The fraction of sp³-hybridized carbons (Fsp3) is 0.739. The van der Waals surface area contributed by atoms with E-state index in [1.54, 1.807) is 5.56 Å². The Morgan fingerprint density at radius 3 is 2.17 bits per heavy atom. The normalized spacial score (nSPS) is 28.8. The molecule has 1 aromatic rings. The summed E-state index contributed by atoms with van der Waals surface area (Å²) < 4.78 is 0. The average Bonchev–Trinajstić information content (AvgIpc) is 2.54. The van der Waals surface area contributed by atoms with Crippen LogP contribution < -0.4 is 0 Å². The third kappa shape index (κ3) is 4.01. The third-order valence-electron chi connectivity index (χ3n) is 6.73. The largest absolute Gasteiger partial charge is 0.0654 e. The molecule has 0 nitrogen and oxygen atoms in total. The smallest absolute Gasteiger partial charge is 0.0126 e. The molecule has 0 N–H and O–H groups in total. The minimum absolute atomic E-state index is 0.441. The molecule has 1 aliphatic rings. The van der Waals surface area contributed by atoms with E-state index >= 15 is 0 Å². The van der Waals surface area contributed by atoms with Gasteiger partial charge < -0.3 is 0 Å². The van der Waals surface area contributed by atoms with Gasteiger partial charge in [0, 0.05) is 0 Å². The first-order valence-electron chi connectivity index (χ1n) is 10.0. The Hall–Kier alpha value is -0.780. The maximum absolute atomic E-state index is 2.54. The maximum Gasteiger partial charge on any atom is -0.0126 e. The van der Waals surface area contributed by atoms with Gasteiger partial charge in [-0.25, -0.2) is 0 Å². The molecule has 0 bridgehead atoms. The van der Waals surface area contributed by atoms with Gasteiger partial charge in [-0.15, -0.1) is 0 Å². The molecular formula is C23H38. The molecule has 0 aromatic heterocycles. The van der Waals surface area contributed by atoms with Gasteiger partial charge in [-0.1, -0.05) is 78.6 Å². The van der Waals surface area contributed by atoms with Crippen molar-refractivity contribution in [2.24, 2.45) is 23.2 Å². The molecule has 1 fully saturated rings. The first-order chi connectivity index (χ1) is 10.9. The van der Waals surface area contributed by atoms with E-state index in [-0.39, 0.29) is 0 Å². The summed E-state index contributed by atoms with van der Waals surface area (Å²) in [4.78, 5) is 0. The fourth-order valence-corrected chi connectivity index (χ4v) is 5.51. The van der Waals surface area contributed by atoms with Crippen LogP contribution in [0.25, 0.3) is 0 Å². The van der Waals surface area contributed by atoms with Crippen molar-refractivity contribution < 1.29 is 0 Å². The van der Waals surface area contributed by atoms with E-state index in [0.717, 1.165) is 30.1 Å². The summed E-state index contributed by atoms with van der Waals surface area (Å²) in [6.07, 6.45) is 7.94. The summed E-state index contributed by atoms with van der Waals surface area (Å²) in [5.74, 6) is 3.32. The molecule has 1 aliphatic carbocycles. The van der Waals surface area contributed by atoms with Crippen LogP contribution in [0.5, 0.6) is 0 Å². The van der Waals surface area contributed by atoms with Crippen LogP contribution in [0.4, 0.5) is 0 Å². The number of rotatable bonds is 6. The summed E-state index contributed by atoms with van der Waals surface area (Å²) in [7, 11) is 0. The van der Waals surface area contributed by atoms with Crippen LogP contribution >= 0.6 is 0 Å². The minimum Gasteiger partial charge on any atom is -0.0654 e. The quantitative estimate of drug-likeness (QED) is 0.519. The van der Waals surface area contributed by atoms with Crippen molar-refractivity contribution in [3.63, 3.8) is 0 Å². The van der Waals surface area contributed by atoms with E-state index in [4.69, 9.17) is 0 Å². The Balaban J connectivity index is 2.34. The van der Waals surface area contributed by atoms with Gasteiger partial charge in [0.25, 0.3) is 0 Å². The lowest BCUT2D eigenvalue weighted by molar-refractivity contribution is 0.0318. The zero-order chi connectivity index (χ0) is 17.0. The monoisotopic (exact) mass is 314 g/mol. The first-order valence-corrected chi connectivity index (χ1v) is 10.0. The molecule has 0 aliphatic heterocycles. The molecule has 2 rings (SSSR count). The van der Waals surface area contributed by atoms with Crippen molar-refractivity contribution in [3.05, 3.63) is 35.4 Å². The lowest BCUT2D eigenvalue weighted by Crippen LogP contribution is -2.41. The molecule has 0 radical (unpaired) electrons. The highest BCUT2D eigenvalue weighted by Crippen LogP contribution is 2.53. The molecule has 0 heteroatoms. The van der Waals surface area contributed by atoms with Crippen molar-refractivity contribution >= 4 is 0 Å². The zero-order valence-corrected chi connectivity index (χ0v) is 16.4. The SMILES string of the molecule is CCCC(C)(C)C1C(c2ccc(CC)cc2)CCC(CC)C1C. The predicted molar refractivity (Wildman–Crippen MR) is 103 cm³/mol. The zero-order valence-electron chi connectivity index (χ0n) is 16.4. The van der Waals surface area contributed by atoms with Crippen LogP contribution in [0.15, 0.2) is 24.3 Å². The molecule has 4 unspecified atom stereocenters. The van der Waals surface area contributed by atoms with Gasteiger partial charge in [0.15, 0.2) is 0 Å². The van der Waals surface area contributed by atoms with Crippen LogP contribution in [0.1, 0.15) is 90.7 Å². The van der Waals surface area contributed by atoms with Gasteiger partial charge >= 0.3 is 0 Å². The molecule has 0 amide bonds. The van der Waals surface area contributed by atoms with Crippen molar-refractivity contribution in [1.29, 1.82) is 0 Å². The van der Waals surface area contributed by atoms with Gasteiger partial charge in [-0.3, -0.25) is 0 Å². The topological polar surface area (TPSA) is 0 Å². The fourth-order valence-electron chi connectivity index (χ4n) is 5.51. The highest BCUT2D eigenvalue weighted by Gasteiger charge is 2.44. The summed E-state index contributed by atoms with van der Waals surface area (Å²) in [6, 6.07) is 9.57. The maximum atomic E-state index is 2.54. The van der Waals surface area contributed by atoms with Gasteiger partial charge in [-0.2, -0.15) is 0 Å². The molecule has 4 atom stereocenters. The molecule has 1 aromatic carbocycles. The summed E-state index contributed by atoms with van der Waals surface area (Å²) in [6.45, 7) is 14.6. The van der Waals surface area contributed by atoms with Crippen molar-refractivity contribution in [3.8, 4) is 0 Å². The number of hydrogen-bond acceptors (Lipinski definition) is 0. The van der Waals surface area contributed by atoms with E-state index < -0.39 is 0 Å². The van der Waals surface area contributed by atoms with E-state index in [9.17, 15) is 0 Å². The summed E-state index contributed by atoms with van der Waals surface area (Å²) >= 11 is 0. The molecule has 0 saturated heterocycles. The van der Waals surface area contributed by atoms with Crippen LogP contribution in [0.3, 0.4) is 0 Å². The first kappa shape index (κ1) is 18.6. The third-order valence-corrected chi connectivity index (χ3v) is 6.73. The van der Waals surface area contributed by atoms with Crippen LogP contribution in [0, 0.1) is 23.2 Å². The van der Waals surface area contributed by atoms with Crippen LogP contribution in [0.2, 0.25) is 0 Å². The van der Waals surface area contributed by atoms with Crippen LogP contribution in [-0.2, 0) is 6.42 Å². The molecule has 1 saturated carbocycles. The lowest BCUT2D eigenvalue weighted by atomic mass is 9.55. The van der Waals surface area contributed by atoms with Crippen molar-refractivity contribution in [2.45, 2.75) is 86.0 Å². The Morgan fingerprint density at radius 1 is 1.00 bits per heavy atom. The molecule has 130 valence electrons. The number of benzene rings is 1. The van der Waals surface area contributed by atoms with E-state index in [1.807, 2.05) is 0 Å². The molecular weight excluding hydrogens is 276 g/mol. The molecule has 0 spiro atoms. The van der Waals surface area contributed by atoms with E-state index in [1.165, 1.54) is 37.7 Å². The Kier molecular flexibility index (Phi) is 6.34. The van der Waals surface area contributed by atoms with Gasteiger partial charge in [0.05, 0.1) is 0 Å². The van der Waals surface area contributed by atoms with Crippen molar-refractivity contribution in [1.82, 2.24) is 0 Å². The highest BCUT2D eigenvalue weighted by atomic mass is 14.5. The van der Waals surface area contributed by atoms with Gasteiger partial charge in [-0.05, 0) is 65.9 Å². The standard InChI is InChI=1S/C23H38/c1-7-16-23(5,6)22-17(4)19(9-3)14-15-21(22)20-12-10-18(8-2)11-13-20/h10-13,17,19,21-22H,7-9,14-16H2,1-6H3. The summed E-state index contributed by atoms with van der Waals surface area (Å²) in [5.41, 5.74) is 3.50. The van der Waals surface area contributed by atoms with E-state index in [0.29, 0.717) is 5.41 Å². The second-order valence-electron chi connectivity index (χ2n) is 8.57. The second kappa shape index (κ2) is 7.86. The second-order valence-corrected chi connectivity index (χ2v) is 8.57. The van der Waals surface area contributed by atoms with Crippen LogP contribution in [-0.4, -0.2) is 0 Å². The van der Waals surface area contributed by atoms with Gasteiger partial charge in [0.2, 0.25) is 0 Å². The van der Waals surface area contributed by atoms with Crippen molar-refractivity contribution in [2.75, 3.05) is 0 Å². The lowest BCUT2D eigenvalue weighted by Gasteiger charge is -2.50. The Morgan fingerprint density at radius 2 is 1.65 bits per heavy atom.